The third-order valence-electron chi connectivity index (χ3n) is 2.19. The van der Waals surface area contributed by atoms with Crippen LogP contribution in [-0.4, -0.2) is 16.0 Å². The molecule has 2 rings (SSSR count). The van der Waals surface area contributed by atoms with E-state index in [-0.39, 0.29) is 23.1 Å². The van der Waals surface area contributed by atoms with E-state index >= 15 is 0 Å². The summed E-state index contributed by atoms with van der Waals surface area (Å²) in [7, 11) is 0. The van der Waals surface area contributed by atoms with Gasteiger partial charge in [-0.15, -0.1) is 0 Å². The molecule has 0 unspecified atom stereocenters. The number of nitrogens with two attached hydrogens (primary N) is 1. The van der Waals surface area contributed by atoms with Crippen molar-refractivity contribution in [2.45, 2.75) is 13.5 Å². The van der Waals surface area contributed by atoms with E-state index in [4.69, 9.17) is 21.9 Å². The maximum atomic E-state index is 11.8. The Morgan fingerprint density at radius 1 is 1.56 bits per heavy atom. The first-order chi connectivity index (χ1) is 8.56. The quantitative estimate of drug-likeness (QED) is 0.879. The minimum Gasteiger partial charge on any atom is -0.384 e. The van der Waals surface area contributed by atoms with Crippen LogP contribution in [0.4, 0.5) is 5.82 Å². The van der Waals surface area contributed by atoms with Gasteiger partial charge >= 0.3 is 0 Å². The number of halogens is 1. The number of nitrogen functional groups attached to an aromatic ring is 1. The van der Waals surface area contributed by atoms with E-state index in [1.54, 1.807) is 13.0 Å². The molecule has 94 valence electrons. The molecule has 2 heterocycles. The van der Waals surface area contributed by atoms with Gasteiger partial charge < -0.3 is 15.6 Å². The van der Waals surface area contributed by atoms with E-state index in [1.165, 1.54) is 12.1 Å². The van der Waals surface area contributed by atoms with Crippen molar-refractivity contribution < 1.29 is 9.32 Å². The second-order valence-electron chi connectivity index (χ2n) is 3.68. The largest absolute Gasteiger partial charge is 0.384 e. The molecule has 1 amide bonds. The third-order valence-corrected chi connectivity index (χ3v) is 2.49. The molecule has 0 aromatic carbocycles. The van der Waals surface area contributed by atoms with Crippen LogP contribution in [0.25, 0.3) is 0 Å². The number of aryl methyl sites for hydroxylation is 1. The normalized spacial score (nSPS) is 10.3. The van der Waals surface area contributed by atoms with Crippen LogP contribution in [-0.2, 0) is 6.54 Å². The zero-order valence-corrected chi connectivity index (χ0v) is 10.4. The Morgan fingerprint density at radius 2 is 2.33 bits per heavy atom. The molecular formula is C11H11ClN4O2. The molecule has 2 aromatic rings. The van der Waals surface area contributed by atoms with Gasteiger partial charge in [-0.1, -0.05) is 16.8 Å². The molecule has 0 fully saturated rings. The van der Waals surface area contributed by atoms with Gasteiger partial charge in [-0.3, -0.25) is 4.79 Å². The van der Waals surface area contributed by atoms with E-state index in [2.05, 4.69) is 15.5 Å². The highest BCUT2D eigenvalue weighted by atomic mass is 35.5. The second kappa shape index (κ2) is 5.05. The lowest BCUT2D eigenvalue weighted by atomic mass is 10.3. The average Bonchev–Trinajstić information content (AvgIpc) is 2.75. The standard InChI is InChI=1S/C11H11ClN4O2/c1-6-4-7(16-18-6)5-14-11(17)10-8(12)2-3-9(13)15-10/h2-4H,5H2,1H3,(H2,13,15)(H,14,17). The van der Waals surface area contributed by atoms with Crippen LogP contribution in [0.15, 0.2) is 22.7 Å². The van der Waals surface area contributed by atoms with Crippen LogP contribution in [0.5, 0.6) is 0 Å². The van der Waals surface area contributed by atoms with Gasteiger partial charge in [0.25, 0.3) is 5.91 Å². The molecule has 3 N–H and O–H groups in total. The molecule has 0 aliphatic rings. The van der Waals surface area contributed by atoms with Gasteiger partial charge in [0, 0.05) is 6.07 Å². The van der Waals surface area contributed by atoms with Gasteiger partial charge in [-0.2, -0.15) is 0 Å². The Morgan fingerprint density at radius 3 is 3.00 bits per heavy atom. The monoisotopic (exact) mass is 266 g/mol. The van der Waals surface area contributed by atoms with Crippen molar-refractivity contribution in [3.8, 4) is 0 Å². The molecular weight excluding hydrogens is 256 g/mol. The molecule has 6 nitrogen and oxygen atoms in total. The van der Waals surface area contributed by atoms with Crippen molar-refractivity contribution in [3.05, 3.63) is 40.4 Å². The number of nitrogens with one attached hydrogen (secondary N) is 1. The first kappa shape index (κ1) is 12.4. The van der Waals surface area contributed by atoms with Crippen LogP contribution in [0, 0.1) is 6.92 Å². The van der Waals surface area contributed by atoms with Crippen molar-refractivity contribution in [3.63, 3.8) is 0 Å². The van der Waals surface area contributed by atoms with Crippen molar-refractivity contribution in [1.29, 1.82) is 0 Å². The summed E-state index contributed by atoms with van der Waals surface area (Å²) >= 11 is 5.86. The summed E-state index contributed by atoms with van der Waals surface area (Å²) in [4.78, 5) is 15.7. The number of carbonyl (C=O) groups excluding carboxylic acids is 1. The molecule has 0 saturated heterocycles. The smallest absolute Gasteiger partial charge is 0.271 e. The molecule has 0 bridgehead atoms. The highest BCUT2D eigenvalue weighted by Crippen LogP contribution is 2.15. The summed E-state index contributed by atoms with van der Waals surface area (Å²) in [5, 5.41) is 6.63. The summed E-state index contributed by atoms with van der Waals surface area (Å²) < 4.78 is 4.88. The van der Waals surface area contributed by atoms with Crippen molar-refractivity contribution >= 4 is 23.3 Å². The van der Waals surface area contributed by atoms with Crippen LogP contribution in [0.1, 0.15) is 21.9 Å². The Balaban J connectivity index is 2.05. The fourth-order valence-electron chi connectivity index (χ4n) is 1.37. The molecule has 0 spiro atoms. The zero-order valence-electron chi connectivity index (χ0n) is 9.61. The van der Waals surface area contributed by atoms with E-state index < -0.39 is 5.91 Å². The molecule has 0 aliphatic heterocycles. The van der Waals surface area contributed by atoms with Crippen LogP contribution in [0.3, 0.4) is 0 Å². The molecule has 0 radical (unpaired) electrons. The Labute approximate surface area is 108 Å². The number of hydrogen-bond donors (Lipinski definition) is 2. The molecule has 0 aliphatic carbocycles. The number of pyridine rings is 1. The highest BCUT2D eigenvalue weighted by Gasteiger charge is 2.13. The van der Waals surface area contributed by atoms with Crippen LogP contribution >= 0.6 is 11.6 Å². The predicted molar refractivity (Wildman–Crippen MR) is 66.1 cm³/mol. The first-order valence-corrected chi connectivity index (χ1v) is 5.56. The van der Waals surface area contributed by atoms with Crippen LogP contribution < -0.4 is 11.1 Å². The lowest BCUT2D eigenvalue weighted by Crippen LogP contribution is -2.24. The van der Waals surface area contributed by atoms with Gasteiger partial charge in [0.15, 0.2) is 0 Å². The van der Waals surface area contributed by atoms with E-state index in [0.717, 1.165) is 0 Å². The van der Waals surface area contributed by atoms with E-state index in [1.807, 2.05) is 0 Å². The minimum absolute atomic E-state index is 0.0943. The SMILES string of the molecule is Cc1cc(CNC(=O)c2nc(N)ccc2Cl)no1. The van der Waals surface area contributed by atoms with Gasteiger partial charge in [0.2, 0.25) is 0 Å². The number of aromatic nitrogens is 2. The first-order valence-electron chi connectivity index (χ1n) is 5.18. The lowest BCUT2D eigenvalue weighted by molar-refractivity contribution is 0.0945. The molecule has 0 atom stereocenters. The van der Waals surface area contributed by atoms with E-state index in [9.17, 15) is 4.79 Å². The molecule has 0 saturated carbocycles. The van der Waals surface area contributed by atoms with Gasteiger partial charge in [-0.25, -0.2) is 4.98 Å². The Bertz CT molecular complexity index is 582. The Hall–Kier alpha value is -2.08. The van der Waals surface area contributed by atoms with Crippen LogP contribution in [0.2, 0.25) is 5.02 Å². The highest BCUT2D eigenvalue weighted by molar-refractivity contribution is 6.33. The predicted octanol–water partition coefficient (Wildman–Crippen LogP) is 1.54. The number of nitrogens with zero attached hydrogens (tertiary/aromatic N) is 2. The minimum atomic E-state index is -0.409. The second-order valence-corrected chi connectivity index (χ2v) is 4.09. The lowest BCUT2D eigenvalue weighted by Gasteiger charge is -2.04. The number of carbonyl (C=O) groups is 1. The number of rotatable bonds is 3. The van der Waals surface area contributed by atoms with Gasteiger partial charge in [-0.05, 0) is 19.1 Å². The zero-order chi connectivity index (χ0) is 13.1. The van der Waals surface area contributed by atoms with E-state index in [0.29, 0.717) is 11.5 Å². The van der Waals surface area contributed by atoms with Crippen molar-refractivity contribution in [2.24, 2.45) is 0 Å². The van der Waals surface area contributed by atoms with Gasteiger partial charge in [0.1, 0.15) is 23.0 Å². The van der Waals surface area contributed by atoms with Crippen molar-refractivity contribution in [1.82, 2.24) is 15.5 Å². The number of anilines is 1. The summed E-state index contributed by atoms with van der Waals surface area (Å²) in [6, 6.07) is 4.79. The molecule has 18 heavy (non-hydrogen) atoms. The van der Waals surface area contributed by atoms with Crippen molar-refractivity contribution in [2.75, 3.05) is 5.73 Å². The fraction of sp³-hybridized carbons (Fsp3) is 0.182. The summed E-state index contributed by atoms with van der Waals surface area (Å²) in [6.07, 6.45) is 0. The summed E-state index contributed by atoms with van der Waals surface area (Å²) in [5.74, 6) is 0.508. The molecule has 7 heteroatoms. The maximum Gasteiger partial charge on any atom is 0.271 e. The topological polar surface area (TPSA) is 94.0 Å². The molecule has 2 aromatic heterocycles. The maximum absolute atomic E-state index is 11.8. The third kappa shape index (κ3) is 2.78. The Kier molecular flexibility index (Phi) is 3.47. The number of amides is 1. The summed E-state index contributed by atoms with van der Waals surface area (Å²) in [6.45, 7) is 2.01. The average molecular weight is 267 g/mol. The summed E-state index contributed by atoms with van der Waals surface area (Å²) in [5.41, 5.74) is 6.22. The number of hydrogen-bond acceptors (Lipinski definition) is 5. The fourth-order valence-corrected chi connectivity index (χ4v) is 1.56. The van der Waals surface area contributed by atoms with Gasteiger partial charge in [0.05, 0.1) is 11.6 Å².